The largest absolute Gasteiger partial charge is 0.316 e. The van der Waals surface area contributed by atoms with Crippen molar-refractivity contribution in [1.29, 1.82) is 0 Å². The lowest BCUT2D eigenvalue weighted by atomic mass is 10.1. The van der Waals surface area contributed by atoms with E-state index in [1.165, 1.54) is 44.9 Å². The molecule has 0 aliphatic rings. The highest BCUT2D eigenvalue weighted by atomic mass is 14.8. The Morgan fingerprint density at radius 1 is 0.875 bits per heavy atom. The molecule has 0 saturated heterocycles. The van der Waals surface area contributed by atoms with Gasteiger partial charge in [-0.25, -0.2) is 0 Å². The lowest BCUT2D eigenvalue weighted by Gasteiger charge is -1.99. The van der Waals surface area contributed by atoms with E-state index < -0.39 is 0 Å². The van der Waals surface area contributed by atoms with E-state index in [0.29, 0.717) is 0 Å². The molecule has 0 aromatic heterocycles. The van der Waals surface area contributed by atoms with Crippen LogP contribution in [0.25, 0.3) is 0 Å². The van der Waals surface area contributed by atoms with Crippen LogP contribution in [0, 0.1) is 0 Å². The Bertz CT molecular complexity index is 144. The first-order chi connectivity index (χ1) is 7.91. The van der Waals surface area contributed by atoms with E-state index in [-0.39, 0.29) is 0 Å². The molecule has 96 valence electrons. The van der Waals surface area contributed by atoms with Crippen LogP contribution in [0.1, 0.15) is 65.2 Å². The molecule has 2 heteroatoms. The molecule has 0 aliphatic heterocycles. The van der Waals surface area contributed by atoms with Crippen LogP contribution in [0.5, 0.6) is 0 Å². The van der Waals surface area contributed by atoms with Crippen molar-refractivity contribution in [3.8, 4) is 0 Å². The minimum absolute atomic E-state index is 1.03. The molecule has 0 aliphatic carbocycles. The van der Waals surface area contributed by atoms with Gasteiger partial charge in [-0.15, -0.1) is 0 Å². The fraction of sp³-hybridized carbons (Fsp3) is 0.929. The second kappa shape index (κ2) is 14.6. The number of nitrogens with zero attached hydrogens (tertiary/aromatic N) is 1. The summed E-state index contributed by atoms with van der Waals surface area (Å²) >= 11 is 0. The lowest BCUT2D eigenvalue weighted by Crippen LogP contribution is -2.16. The van der Waals surface area contributed by atoms with Crippen LogP contribution in [-0.2, 0) is 0 Å². The number of hydrogen-bond donors (Lipinski definition) is 1. The van der Waals surface area contributed by atoms with Gasteiger partial charge in [-0.3, -0.25) is 4.99 Å². The molecule has 0 radical (unpaired) electrons. The molecule has 0 amide bonds. The fourth-order valence-electron chi connectivity index (χ4n) is 1.63. The molecular formula is C14H30N2. The number of nitrogens with one attached hydrogen (secondary N) is 1. The van der Waals surface area contributed by atoms with E-state index >= 15 is 0 Å². The first-order valence-corrected chi connectivity index (χ1v) is 7.10. The number of aliphatic imine (C=N–C) groups is 1. The molecule has 16 heavy (non-hydrogen) atoms. The van der Waals surface area contributed by atoms with Crippen LogP contribution in [0.4, 0.5) is 0 Å². The monoisotopic (exact) mass is 226 g/mol. The smallest absolute Gasteiger partial charge is 0.0385 e. The van der Waals surface area contributed by atoms with Gasteiger partial charge in [-0.05, 0) is 32.0 Å². The third-order valence-corrected chi connectivity index (χ3v) is 2.65. The predicted molar refractivity (Wildman–Crippen MR) is 74.5 cm³/mol. The third-order valence-electron chi connectivity index (χ3n) is 2.65. The van der Waals surface area contributed by atoms with E-state index in [1.807, 2.05) is 0 Å². The van der Waals surface area contributed by atoms with Gasteiger partial charge < -0.3 is 5.32 Å². The molecule has 0 spiro atoms. The molecule has 0 aromatic rings. The first kappa shape index (κ1) is 15.6. The van der Waals surface area contributed by atoms with Gasteiger partial charge in [0.15, 0.2) is 0 Å². The quantitative estimate of drug-likeness (QED) is 0.397. The Balaban J connectivity index is 2.98. The molecular weight excluding hydrogens is 196 g/mol. The maximum atomic E-state index is 4.42. The second-order valence-corrected chi connectivity index (χ2v) is 4.40. The summed E-state index contributed by atoms with van der Waals surface area (Å²) in [5, 5.41) is 3.37. The molecule has 0 saturated carbocycles. The summed E-state index contributed by atoms with van der Waals surface area (Å²) in [6.07, 6.45) is 12.5. The summed E-state index contributed by atoms with van der Waals surface area (Å²) in [5.74, 6) is 0. The van der Waals surface area contributed by atoms with Crippen LogP contribution in [0.15, 0.2) is 4.99 Å². The van der Waals surface area contributed by atoms with Gasteiger partial charge in [-0.2, -0.15) is 0 Å². The number of hydrogen-bond acceptors (Lipinski definition) is 2. The summed E-state index contributed by atoms with van der Waals surface area (Å²) in [5.41, 5.74) is 0. The molecule has 0 rings (SSSR count). The summed E-state index contributed by atoms with van der Waals surface area (Å²) in [6.45, 7) is 7.69. The molecule has 0 atom stereocenters. The lowest BCUT2D eigenvalue weighted by molar-refractivity contribution is 0.612. The van der Waals surface area contributed by atoms with Crippen molar-refractivity contribution in [3.05, 3.63) is 0 Å². The second-order valence-electron chi connectivity index (χ2n) is 4.40. The standard InChI is InChI=1S/C14H30N2/c1-3-5-6-7-8-9-12-16-14-10-13-15-11-4-2/h14-15H,3-13H2,1-2H3. The van der Waals surface area contributed by atoms with Crippen molar-refractivity contribution in [3.63, 3.8) is 0 Å². The van der Waals surface area contributed by atoms with E-state index in [0.717, 1.165) is 26.1 Å². The zero-order valence-electron chi connectivity index (χ0n) is 11.3. The zero-order chi connectivity index (χ0) is 11.9. The molecule has 0 heterocycles. The van der Waals surface area contributed by atoms with Crippen molar-refractivity contribution in [1.82, 2.24) is 5.32 Å². The van der Waals surface area contributed by atoms with E-state index in [9.17, 15) is 0 Å². The topological polar surface area (TPSA) is 24.4 Å². The van der Waals surface area contributed by atoms with Crippen LogP contribution >= 0.6 is 0 Å². The summed E-state index contributed by atoms with van der Waals surface area (Å²) in [6, 6.07) is 0. The van der Waals surface area contributed by atoms with Gasteiger partial charge >= 0.3 is 0 Å². The van der Waals surface area contributed by atoms with E-state index in [1.54, 1.807) is 0 Å². The summed E-state index contributed by atoms with van der Waals surface area (Å²) in [7, 11) is 0. The average molecular weight is 226 g/mol. The Morgan fingerprint density at radius 2 is 1.62 bits per heavy atom. The van der Waals surface area contributed by atoms with Gasteiger partial charge in [0.2, 0.25) is 0 Å². The third kappa shape index (κ3) is 13.6. The van der Waals surface area contributed by atoms with Crippen molar-refractivity contribution >= 4 is 6.21 Å². The van der Waals surface area contributed by atoms with E-state index in [2.05, 4.69) is 30.4 Å². The van der Waals surface area contributed by atoms with Crippen LogP contribution < -0.4 is 5.32 Å². The van der Waals surface area contributed by atoms with Gasteiger partial charge in [0.1, 0.15) is 0 Å². The highest BCUT2D eigenvalue weighted by Gasteiger charge is 1.88. The van der Waals surface area contributed by atoms with Crippen molar-refractivity contribution in [2.45, 2.75) is 65.2 Å². The Hall–Kier alpha value is -0.370. The minimum atomic E-state index is 1.03. The molecule has 1 N–H and O–H groups in total. The average Bonchev–Trinajstić information content (AvgIpc) is 2.31. The predicted octanol–water partition coefficient (Wildman–Crippen LogP) is 3.81. The summed E-state index contributed by atoms with van der Waals surface area (Å²) < 4.78 is 0. The van der Waals surface area contributed by atoms with Gasteiger partial charge in [0.05, 0.1) is 0 Å². The highest BCUT2D eigenvalue weighted by molar-refractivity contribution is 5.57. The molecule has 0 unspecified atom stereocenters. The maximum absolute atomic E-state index is 4.42. The Labute approximate surface area is 102 Å². The fourth-order valence-corrected chi connectivity index (χ4v) is 1.63. The van der Waals surface area contributed by atoms with Crippen molar-refractivity contribution < 1.29 is 0 Å². The zero-order valence-corrected chi connectivity index (χ0v) is 11.3. The van der Waals surface area contributed by atoms with Gasteiger partial charge in [0, 0.05) is 13.1 Å². The number of unbranched alkanes of at least 4 members (excludes halogenated alkanes) is 5. The van der Waals surface area contributed by atoms with E-state index in [4.69, 9.17) is 0 Å². The highest BCUT2D eigenvalue weighted by Crippen LogP contribution is 2.04. The maximum Gasteiger partial charge on any atom is 0.0385 e. The Morgan fingerprint density at radius 3 is 2.38 bits per heavy atom. The van der Waals surface area contributed by atoms with Crippen LogP contribution in [0.3, 0.4) is 0 Å². The molecule has 0 aromatic carbocycles. The Kier molecular flexibility index (Phi) is 14.3. The van der Waals surface area contributed by atoms with Crippen molar-refractivity contribution in [2.24, 2.45) is 4.99 Å². The molecule has 0 bridgehead atoms. The number of rotatable bonds is 12. The molecule has 2 nitrogen and oxygen atoms in total. The van der Waals surface area contributed by atoms with Gasteiger partial charge in [-0.1, -0.05) is 46.0 Å². The normalized spacial score (nSPS) is 11.4. The minimum Gasteiger partial charge on any atom is -0.316 e. The SMILES string of the molecule is CCCCCCCCN=CCCNCCC. The van der Waals surface area contributed by atoms with Crippen molar-refractivity contribution in [2.75, 3.05) is 19.6 Å². The van der Waals surface area contributed by atoms with Gasteiger partial charge in [0.25, 0.3) is 0 Å². The first-order valence-electron chi connectivity index (χ1n) is 7.10. The van der Waals surface area contributed by atoms with Crippen LogP contribution in [0.2, 0.25) is 0 Å². The molecule has 0 fully saturated rings. The van der Waals surface area contributed by atoms with Crippen LogP contribution in [-0.4, -0.2) is 25.8 Å². The summed E-state index contributed by atoms with van der Waals surface area (Å²) in [4.78, 5) is 4.42.